The number of hydrogen-bond donors (Lipinski definition) is 1. The number of aromatic nitrogens is 1. The number of halogens is 1. The van der Waals surface area contributed by atoms with Gasteiger partial charge in [0.25, 0.3) is 17.7 Å². The minimum Gasteiger partial charge on any atom is -0.371 e. The zero-order chi connectivity index (χ0) is 39.6. The standard InChI is InChI=1S/C43H45ClN8O5/c1-26-21-43(25-51(26)30-4-7-35(45-2)34(44)20-30)13-17-49(18-14-43)31-5-8-36(46-22-31)42(57)50-23-28(24-50)27-11-15-48(16-12-27)29-3-6-32-33(19-29)41(56)52(40(32)55)37-9-10-38(53)47-39(37)54/h3-8,19-20,22,26-28,37H,9-18,21,23-25H2,1H3,(H,47,53,54)/t26-,37?/m0/s1. The van der Waals surface area contributed by atoms with E-state index in [-0.39, 0.29) is 29.7 Å². The number of rotatable bonds is 6. The number of amides is 5. The van der Waals surface area contributed by atoms with Crippen molar-refractivity contribution in [1.82, 2.24) is 20.1 Å². The van der Waals surface area contributed by atoms with Crippen LogP contribution in [0.2, 0.25) is 5.02 Å². The maximum Gasteiger partial charge on any atom is 0.272 e. The van der Waals surface area contributed by atoms with Crippen LogP contribution in [0.15, 0.2) is 54.7 Å². The van der Waals surface area contributed by atoms with Crippen LogP contribution in [0.5, 0.6) is 0 Å². The molecule has 14 heteroatoms. The SMILES string of the molecule is [C-]#[N+]c1ccc(N2CC3(CCN(c4ccc(C(=O)N5CC(C6CCN(c7ccc8c(c7)C(=O)N(C7CCC(=O)NC7=O)C8=O)CC6)C5)nc4)CC3)C[C@@H]2C)cc1Cl. The number of likely N-dealkylation sites (tertiary alicyclic amines) is 1. The summed E-state index contributed by atoms with van der Waals surface area (Å²) in [6.45, 7) is 15.5. The lowest BCUT2D eigenvalue weighted by molar-refractivity contribution is -0.136. The lowest BCUT2D eigenvalue weighted by Crippen LogP contribution is -2.54. The summed E-state index contributed by atoms with van der Waals surface area (Å²) in [5.41, 5.74) is 4.77. The van der Waals surface area contributed by atoms with Crippen molar-refractivity contribution >= 4 is 63.9 Å². The molecule has 7 heterocycles. The highest BCUT2D eigenvalue weighted by Crippen LogP contribution is 2.46. The first-order valence-corrected chi connectivity index (χ1v) is 20.4. The summed E-state index contributed by atoms with van der Waals surface area (Å²) in [4.78, 5) is 82.0. The Kier molecular flexibility index (Phi) is 9.42. The van der Waals surface area contributed by atoms with Crippen LogP contribution in [0.3, 0.4) is 0 Å². The molecule has 13 nitrogen and oxygen atoms in total. The van der Waals surface area contributed by atoms with Gasteiger partial charge in [0.05, 0.1) is 29.6 Å². The number of anilines is 3. The smallest absolute Gasteiger partial charge is 0.272 e. The van der Waals surface area contributed by atoms with Gasteiger partial charge in [0.2, 0.25) is 17.5 Å². The van der Waals surface area contributed by atoms with Crippen molar-refractivity contribution in [3.8, 4) is 0 Å². The van der Waals surface area contributed by atoms with Gasteiger partial charge in [0.15, 0.2) is 0 Å². The fourth-order valence-electron chi connectivity index (χ4n) is 10.2. The number of imide groups is 2. The number of nitrogens with one attached hydrogen (secondary N) is 1. The van der Waals surface area contributed by atoms with Crippen molar-refractivity contribution in [2.45, 2.75) is 64.0 Å². The highest BCUT2D eigenvalue weighted by atomic mass is 35.5. The van der Waals surface area contributed by atoms with Crippen molar-refractivity contribution in [1.29, 1.82) is 0 Å². The van der Waals surface area contributed by atoms with E-state index < -0.39 is 29.7 Å². The normalized spacial score (nSPS) is 23.8. The first-order chi connectivity index (χ1) is 27.5. The largest absolute Gasteiger partial charge is 0.371 e. The Morgan fingerprint density at radius 2 is 1.56 bits per heavy atom. The second-order valence-electron chi connectivity index (χ2n) is 16.8. The topological polar surface area (TPSA) is 131 Å². The number of benzene rings is 2. The second kappa shape index (κ2) is 14.5. The fraction of sp³-hybridized carbons (Fsp3) is 0.465. The van der Waals surface area contributed by atoms with Crippen LogP contribution in [0.25, 0.3) is 4.85 Å². The molecule has 0 radical (unpaired) electrons. The number of hydrogen-bond acceptors (Lipinski definition) is 9. The Bertz CT molecular complexity index is 2200. The summed E-state index contributed by atoms with van der Waals surface area (Å²) in [6.07, 6.45) is 7.27. The molecule has 6 aliphatic rings. The Morgan fingerprint density at radius 1 is 0.860 bits per heavy atom. The highest BCUT2D eigenvalue weighted by molar-refractivity contribution is 6.33. The number of carbonyl (C=O) groups excluding carboxylic acids is 5. The molecule has 1 spiro atoms. The summed E-state index contributed by atoms with van der Waals surface area (Å²) < 4.78 is 0. The fourth-order valence-corrected chi connectivity index (χ4v) is 10.4. The van der Waals surface area contributed by atoms with Crippen molar-refractivity contribution in [2.75, 3.05) is 60.5 Å². The predicted octanol–water partition coefficient (Wildman–Crippen LogP) is 5.56. The van der Waals surface area contributed by atoms with Crippen molar-refractivity contribution in [3.05, 3.63) is 88.0 Å². The Balaban J connectivity index is 0.740. The Morgan fingerprint density at radius 3 is 2.25 bits per heavy atom. The van der Waals surface area contributed by atoms with Gasteiger partial charge in [-0.15, -0.1) is 0 Å². The first-order valence-electron chi connectivity index (χ1n) is 20.1. The summed E-state index contributed by atoms with van der Waals surface area (Å²) in [5, 5.41) is 2.74. The number of carbonyl (C=O) groups is 5. The Hall–Kier alpha value is -5.48. The van der Waals surface area contributed by atoms with Crippen LogP contribution in [0.1, 0.15) is 83.1 Å². The molecule has 0 aliphatic carbocycles. The molecule has 57 heavy (non-hydrogen) atoms. The van der Waals surface area contributed by atoms with E-state index in [0.717, 1.165) is 99.9 Å². The molecule has 5 saturated heterocycles. The van der Waals surface area contributed by atoms with E-state index in [4.69, 9.17) is 18.2 Å². The van der Waals surface area contributed by atoms with Gasteiger partial charge in [-0.25, -0.2) is 9.83 Å². The Labute approximate surface area is 336 Å². The minimum absolute atomic E-state index is 0.0268. The average molecular weight is 789 g/mol. The molecule has 2 aromatic carbocycles. The zero-order valence-corrected chi connectivity index (χ0v) is 32.7. The van der Waals surface area contributed by atoms with E-state index in [9.17, 15) is 24.0 Å². The van der Waals surface area contributed by atoms with E-state index in [0.29, 0.717) is 39.8 Å². The molecule has 0 bridgehead atoms. The molecule has 294 valence electrons. The van der Waals surface area contributed by atoms with E-state index in [2.05, 4.69) is 36.8 Å². The van der Waals surface area contributed by atoms with Gasteiger partial charge in [-0.3, -0.25) is 34.2 Å². The van der Waals surface area contributed by atoms with E-state index in [1.54, 1.807) is 12.1 Å². The molecule has 9 rings (SSSR count). The molecule has 6 aliphatic heterocycles. The third-order valence-corrected chi connectivity index (χ3v) is 13.8. The third kappa shape index (κ3) is 6.67. The van der Waals surface area contributed by atoms with Crippen LogP contribution in [0.4, 0.5) is 22.7 Å². The lowest BCUT2D eigenvalue weighted by Gasteiger charge is -2.46. The first kappa shape index (κ1) is 37.1. The van der Waals surface area contributed by atoms with Crippen LogP contribution < -0.4 is 20.0 Å². The molecule has 5 amide bonds. The average Bonchev–Trinajstić information content (AvgIpc) is 3.65. The second-order valence-corrected chi connectivity index (χ2v) is 17.2. The maximum atomic E-state index is 13.4. The van der Waals surface area contributed by atoms with E-state index in [1.165, 1.54) is 0 Å². The summed E-state index contributed by atoms with van der Waals surface area (Å²) >= 11 is 6.38. The minimum atomic E-state index is -0.981. The van der Waals surface area contributed by atoms with E-state index in [1.807, 2.05) is 47.5 Å². The van der Waals surface area contributed by atoms with Crippen LogP contribution in [0, 0.1) is 23.8 Å². The quantitative estimate of drug-likeness (QED) is 0.252. The number of fused-ring (bicyclic) bond motifs is 1. The van der Waals surface area contributed by atoms with Gasteiger partial charge < -0.3 is 19.6 Å². The van der Waals surface area contributed by atoms with E-state index >= 15 is 0 Å². The molecular weight excluding hydrogens is 744 g/mol. The molecule has 1 N–H and O–H groups in total. The predicted molar refractivity (Wildman–Crippen MR) is 215 cm³/mol. The van der Waals surface area contributed by atoms with Gasteiger partial charge >= 0.3 is 0 Å². The number of nitrogens with zero attached hydrogens (tertiary/aromatic N) is 7. The van der Waals surface area contributed by atoms with Crippen LogP contribution in [-0.2, 0) is 9.59 Å². The van der Waals surface area contributed by atoms with Crippen LogP contribution in [-0.4, -0.2) is 102 Å². The van der Waals surface area contributed by atoms with Crippen molar-refractivity contribution in [2.24, 2.45) is 17.3 Å². The van der Waals surface area contributed by atoms with Gasteiger partial charge in [-0.2, -0.15) is 0 Å². The summed E-state index contributed by atoms with van der Waals surface area (Å²) in [5.74, 6) is -1.11. The van der Waals surface area contributed by atoms with Gasteiger partial charge in [-0.1, -0.05) is 17.7 Å². The van der Waals surface area contributed by atoms with Crippen LogP contribution >= 0.6 is 11.6 Å². The summed E-state index contributed by atoms with van der Waals surface area (Å²) in [6, 6.07) is 14.4. The molecule has 1 aromatic heterocycles. The lowest BCUT2D eigenvalue weighted by atomic mass is 9.76. The summed E-state index contributed by atoms with van der Waals surface area (Å²) in [7, 11) is 0. The maximum absolute atomic E-state index is 13.4. The van der Waals surface area contributed by atoms with Crippen molar-refractivity contribution < 1.29 is 24.0 Å². The molecular formula is C43H45ClN8O5. The van der Waals surface area contributed by atoms with Gasteiger partial charge in [0.1, 0.15) is 11.7 Å². The highest BCUT2D eigenvalue weighted by Gasteiger charge is 2.46. The zero-order valence-electron chi connectivity index (χ0n) is 32.0. The molecule has 1 unspecified atom stereocenters. The van der Waals surface area contributed by atoms with Gasteiger partial charge in [-0.05, 0) is 105 Å². The molecule has 0 saturated carbocycles. The number of pyridine rings is 1. The number of piperidine rings is 3. The van der Waals surface area contributed by atoms with Crippen molar-refractivity contribution in [3.63, 3.8) is 0 Å². The van der Waals surface area contributed by atoms with Gasteiger partial charge in [0, 0.05) is 74.7 Å². The monoisotopic (exact) mass is 788 g/mol. The third-order valence-electron chi connectivity index (χ3n) is 13.5. The molecule has 3 aromatic rings. The molecule has 2 atom stereocenters. The molecule has 5 fully saturated rings.